The minimum absolute atomic E-state index is 0.290. The summed E-state index contributed by atoms with van der Waals surface area (Å²) in [5.74, 6) is 1.03. The van der Waals surface area contributed by atoms with Crippen molar-refractivity contribution in [3.63, 3.8) is 0 Å². The molecule has 1 unspecified atom stereocenters. The van der Waals surface area contributed by atoms with Crippen molar-refractivity contribution in [1.82, 2.24) is 9.97 Å². The van der Waals surface area contributed by atoms with Crippen LogP contribution in [0.4, 0.5) is 5.82 Å². The van der Waals surface area contributed by atoms with E-state index in [-0.39, 0.29) is 6.04 Å². The van der Waals surface area contributed by atoms with Crippen molar-refractivity contribution < 1.29 is 0 Å². The van der Waals surface area contributed by atoms with Crippen LogP contribution in [0.2, 0.25) is 0 Å². The quantitative estimate of drug-likeness (QED) is 0.738. The Morgan fingerprint density at radius 2 is 2.31 bits per heavy atom. The highest BCUT2D eigenvalue weighted by Crippen LogP contribution is 2.24. The van der Waals surface area contributed by atoms with Gasteiger partial charge in [-0.15, -0.1) is 0 Å². The Hall–Kier alpha value is -1.16. The summed E-state index contributed by atoms with van der Waals surface area (Å²) in [6.45, 7) is 2.99. The molecule has 1 aliphatic rings. The van der Waals surface area contributed by atoms with Crippen molar-refractivity contribution in [3.8, 4) is 0 Å². The Bertz CT molecular complexity index is 349. The van der Waals surface area contributed by atoms with E-state index in [1.165, 1.54) is 17.7 Å². The Labute approximate surface area is 96.7 Å². The van der Waals surface area contributed by atoms with Crippen LogP contribution < -0.4 is 11.1 Å². The van der Waals surface area contributed by atoms with Crippen molar-refractivity contribution in [3.05, 3.63) is 17.6 Å². The van der Waals surface area contributed by atoms with Gasteiger partial charge in [0.25, 0.3) is 0 Å². The van der Waals surface area contributed by atoms with Crippen molar-refractivity contribution in [2.24, 2.45) is 5.73 Å². The van der Waals surface area contributed by atoms with Gasteiger partial charge in [0.05, 0.1) is 0 Å². The SMILES string of the molecule is CC(N)CCCNc1ncnc2c1CCC2. The first-order valence-electron chi connectivity index (χ1n) is 6.09. The third-order valence-electron chi connectivity index (χ3n) is 3.00. The molecule has 0 amide bonds. The highest BCUT2D eigenvalue weighted by atomic mass is 15.0. The van der Waals surface area contributed by atoms with E-state index >= 15 is 0 Å². The van der Waals surface area contributed by atoms with Crippen LogP contribution in [-0.4, -0.2) is 22.6 Å². The summed E-state index contributed by atoms with van der Waals surface area (Å²) in [7, 11) is 0. The predicted octanol–water partition coefficient (Wildman–Crippen LogP) is 1.50. The topological polar surface area (TPSA) is 63.8 Å². The maximum atomic E-state index is 5.71. The van der Waals surface area contributed by atoms with Gasteiger partial charge in [0.1, 0.15) is 12.1 Å². The number of rotatable bonds is 5. The number of hydrogen-bond donors (Lipinski definition) is 2. The van der Waals surface area contributed by atoms with Crippen molar-refractivity contribution in [1.29, 1.82) is 0 Å². The van der Waals surface area contributed by atoms with Gasteiger partial charge in [0.15, 0.2) is 0 Å². The Balaban J connectivity index is 1.88. The van der Waals surface area contributed by atoms with E-state index in [1.54, 1.807) is 6.33 Å². The lowest BCUT2D eigenvalue weighted by Gasteiger charge is -2.10. The number of nitrogens with two attached hydrogens (primary N) is 1. The summed E-state index contributed by atoms with van der Waals surface area (Å²) in [6, 6.07) is 0.290. The molecule has 0 fully saturated rings. The average molecular weight is 220 g/mol. The molecule has 3 N–H and O–H groups in total. The zero-order valence-electron chi connectivity index (χ0n) is 9.87. The lowest BCUT2D eigenvalue weighted by atomic mass is 10.2. The molecular weight excluding hydrogens is 200 g/mol. The lowest BCUT2D eigenvalue weighted by Crippen LogP contribution is -2.16. The Kier molecular flexibility index (Phi) is 3.72. The van der Waals surface area contributed by atoms with Crippen LogP contribution >= 0.6 is 0 Å². The molecule has 0 aromatic carbocycles. The molecular formula is C12H20N4. The second-order valence-electron chi connectivity index (χ2n) is 4.55. The predicted molar refractivity (Wildman–Crippen MR) is 65.4 cm³/mol. The van der Waals surface area contributed by atoms with Gasteiger partial charge < -0.3 is 11.1 Å². The van der Waals surface area contributed by atoms with Gasteiger partial charge in [-0.3, -0.25) is 0 Å². The molecule has 1 heterocycles. The normalized spacial score (nSPS) is 15.9. The number of fused-ring (bicyclic) bond motifs is 1. The van der Waals surface area contributed by atoms with Gasteiger partial charge in [0.2, 0.25) is 0 Å². The number of anilines is 1. The fourth-order valence-corrected chi connectivity index (χ4v) is 2.14. The van der Waals surface area contributed by atoms with Gasteiger partial charge in [-0.2, -0.15) is 0 Å². The van der Waals surface area contributed by atoms with Crippen molar-refractivity contribution in [2.75, 3.05) is 11.9 Å². The standard InChI is InChI=1S/C12H20N4/c1-9(13)4-3-7-14-12-10-5-2-6-11(10)15-8-16-12/h8-9H,2-7,13H2,1H3,(H,14,15,16). The van der Waals surface area contributed by atoms with E-state index in [0.29, 0.717) is 0 Å². The minimum Gasteiger partial charge on any atom is -0.370 e. The van der Waals surface area contributed by atoms with E-state index in [1.807, 2.05) is 6.92 Å². The number of nitrogens with one attached hydrogen (secondary N) is 1. The van der Waals surface area contributed by atoms with Gasteiger partial charge >= 0.3 is 0 Å². The van der Waals surface area contributed by atoms with Crippen LogP contribution in [-0.2, 0) is 12.8 Å². The zero-order valence-corrected chi connectivity index (χ0v) is 9.87. The van der Waals surface area contributed by atoms with Gasteiger partial charge in [-0.05, 0) is 39.0 Å². The van der Waals surface area contributed by atoms with Crippen LogP contribution in [0.15, 0.2) is 6.33 Å². The van der Waals surface area contributed by atoms with Crippen LogP contribution in [0, 0.1) is 0 Å². The number of aryl methyl sites for hydroxylation is 1. The molecule has 88 valence electrons. The van der Waals surface area contributed by atoms with E-state index in [2.05, 4.69) is 15.3 Å². The second kappa shape index (κ2) is 5.25. The summed E-state index contributed by atoms with van der Waals surface area (Å²) >= 11 is 0. The van der Waals surface area contributed by atoms with Crippen LogP contribution in [0.5, 0.6) is 0 Å². The zero-order chi connectivity index (χ0) is 11.4. The maximum absolute atomic E-state index is 5.71. The van der Waals surface area contributed by atoms with Gasteiger partial charge in [0, 0.05) is 23.8 Å². The monoisotopic (exact) mass is 220 g/mol. The fourth-order valence-electron chi connectivity index (χ4n) is 2.14. The van der Waals surface area contributed by atoms with Gasteiger partial charge in [-0.25, -0.2) is 9.97 Å². The first kappa shape index (κ1) is 11.3. The molecule has 0 spiro atoms. The first-order valence-corrected chi connectivity index (χ1v) is 6.09. The highest BCUT2D eigenvalue weighted by Gasteiger charge is 2.16. The smallest absolute Gasteiger partial charge is 0.132 e. The largest absolute Gasteiger partial charge is 0.370 e. The molecule has 1 aromatic rings. The molecule has 4 nitrogen and oxygen atoms in total. The van der Waals surface area contributed by atoms with Gasteiger partial charge in [-0.1, -0.05) is 0 Å². The summed E-state index contributed by atoms with van der Waals surface area (Å²) in [4.78, 5) is 8.62. The van der Waals surface area contributed by atoms with Crippen molar-refractivity contribution >= 4 is 5.82 Å². The molecule has 16 heavy (non-hydrogen) atoms. The number of hydrogen-bond acceptors (Lipinski definition) is 4. The molecule has 0 bridgehead atoms. The summed E-state index contributed by atoms with van der Waals surface area (Å²) in [5, 5.41) is 3.39. The van der Waals surface area contributed by atoms with Crippen LogP contribution in [0.3, 0.4) is 0 Å². The summed E-state index contributed by atoms with van der Waals surface area (Å²) in [6.07, 6.45) is 7.25. The average Bonchev–Trinajstić information content (AvgIpc) is 2.72. The third-order valence-corrected chi connectivity index (χ3v) is 3.00. The lowest BCUT2D eigenvalue weighted by molar-refractivity contribution is 0.638. The van der Waals surface area contributed by atoms with Crippen LogP contribution in [0.1, 0.15) is 37.4 Å². The second-order valence-corrected chi connectivity index (χ2v) is 4.55. The fraction of sp³-hybridized carbons (Fsp3) is 0.667. The number of aromatic nitrogens is 2. The highest BCUT2D eigenvalue weighted by molar-refractivity contribution is 5.47. The molecule has 4 heteroatoms. The van der Waals surface area contributed by atoms with Crippen molar-refractivity contribution in [2.45, 2.75) is 45.1 Å². The Morgan fingerprint density at radius 1 is 1.44 bits per heavy atom. The summed E-state index contributed by atoms with van der Waals surface area (Å²) < 4.78 is 0. The minimum atomic E-state index is 0.290. The Morgan fingerprint density at radius 3 is 3.12 bits per heavy atom. The molecule has 1 aromatic heterocycles. The van der Waals surface area contributed by atoms with E-state index < -0.39 is 0 Å². The molecule has 1 atom stereocenters. The maximum Gasteiger partial charge on any atom is 0.132 e. The molecule has 1 aliphatic carbocycles. The van der Waals surface area contributed by atoms with E-state index in [4.69, 9.17) is 5.73 Å². The molecule has 0 aliphatic heterocycles. The molecule has 0 saturated heterocycles. The summed E-state index contributed by atoms with van der Waals surface area (Å²) in [5.41, 5.74) is 8.26. The first-order chi connectivity index (χ1) is 7.77. The molecule has 0 saturated carbocycles. The third kappa shape index (κ3) is 2.70. The molecule has 0 radical (unpaired) electrons. The van der Waals surface area contributed by atoms with E-state index in [9.17, 15) is 0 Å². The number of nitrogens with zero attached hydrogens (tertiary/aromatic N) is 2. The van der Waals surface area contributed by atoms with E-state index in [0.717, 1.165) is 38.0 Å². The van der Waals surface area contributed by atoms with Crippen LogP contribution in [0.25, 0.3) is 0 Å². The molecule has 2 rings (SSSR count).